The number of halogens is 1. The van der Waals surface area contributed by atoms with Crippen LogP contribution in [0, 0.1) is 12.3 Å². The topological polar surface area (TPSA) is 299 Å². The number of phosphoric acid groups is 3. The summed E-state index contributed by atoms with van der Waals surface area (Å²) in [5.41, 5.74) is 0.909. The number of H-pyrrole nitrogens is 1. The number of nitrogen functional groups attached to an aromatic ring is 1. The van der Waals surface area contributed by atoms with E-state index in [-0.39, 0.29) is 11.2 Å². The highest BCUT2D eigenvalue weighted by Gasteiger charge is 2.66. The predicted molar refractivity (Wildman–Crippen MR) is 106 cm³/mol. The van der Waals surface area contributed by atoms with Gasteiger partial charge >= 0.3 is 23.5 Å². The Labute approximate surface area is 191 Å². The van der Waals surface area contributed by atoms with Crippen LogP contribution in [0.2, 0.25) is 0 Å². The van der Waals surface area contributed by atoms with E-state index in [0.717, 1.165) is 10.9 Å². The van der Waals surface area contributed by atoms with E-state index in [9.17, 15) is 33.6 Å². The van der Waals surface area contributed by atoms with Crippen molar-refractivity contribution in [3.63, 3.8) is 0 Å². The fraction of sp³-hybridized carbons (Fsp3) is 0.417. The van der Waals surface area contributed by atoms with Crippen LogP contribution in [0.5, 0.6) is 0 Å². The summed E-state index contributed by atoms with van der Waals surface area (Å²) in [6.45, 7) is -1.82. The molecule has 1 saturated heterocycles. The molecule has 1 aliphatic rings. The number of rotatable bonds is 8. The van der Waals surface area contributed by atoms with Gasteiger partial charge in [0.1, 0.15) is 6.61 Å². The van der Waals surface area contributed by atoms with Gasteiger partial charge in [0, 0.05) is 0 Å². The number of hydrogen-bond donors (Lipinski definition) is 8. The number of nitrogens with two attached hydrogens (primary N) is 1. The molecule has 1 fully saturated rings. The molecule has 3 heterocycles. The first kappa shape index (κ1) is 27.5. The molecule has 19 nitrogen and oxygen atoms in total. The summed E-state index contributed by atoms with van der Waals surface area (Å²) >= 11 is 0. The number of anilines is 1. The first-order valence-corrected chi connectivity index (χ1v) is 13.1. The number of ether oxygens (including phenoxy) is 1. The first-order valence-electron chi connectivity index (χ1n) is 8.58. The van der Waals surface area contributed by atoms with E-state index in [0.29, 0.717) is 0 Å². The van der Waals surface area contributed by atoms with Crippen molar-refractivity contribution >= 4 is 40.6 Å². The van der Waals surface area contributed by atoms with Crippen LogP contribution in [0.25, 0.3) is 11.2 Å². The highest BCUT2D eigenvalue weighted by molar-refractivity contribution is 7.66. The zero-order chi connectivity index (χ0) is 26.6. The maximum atomic E-state index is 15.4. The molecule has 6 unspecified atom stereocenters. The van der Waals surface area contributed by atoms with Gasteiger partial charge in [-0.1, -0.05) is 5.92 Å². The minimum Gasteiger partial charge on any atom is -0.383 e. The number of terminal acetylenes is 1. The Kier molecular flexibility index (Phi) is 6.92. The Balaban J connectivity index is 1.89. The fourth-order valence-corrected chi connectivity index (χ4v) is 5.96. The second kappa shape index (κ2) is 8.80. The van der Waals surface area contributed by atoms with E-state index in [4.69, 9.17) is 31.6 Å². The molecule has 0 aromatic carbocycles. The number of aliphatic hydroxyl groups excluding tert-OH is 1. The van der Waals surface area contributed by atoms with E-state index in [1.807, 2.05) is 0 Å². The van der Waals surface area contributed by atoms with Gasteiger partial charge in [0.25, 0.3) is 11.4 Å². The zero-order valence-corrected chi connectivity index (χ0v) is 19.3. The summed E-state index contributed by atoms with van der Waals surface area (Å²) in [5.74, 6) is -2.39. The van der Waals surface area contributed by atoms with Crippen LogP contribution in [0.4, 0.5) is 10.3 Å². The van der Waals surface area contributed by atoms with Crippen LogP contribution in [0.1, 0.15) is 6.23 Å². The van der Waals surface area contributed by atoms with Gasteiger partial charge in [-0.05, 0) is 0 Å². The minimum absolute atomic E-state index is 0.360. The molecule has 0 aliphatic carbocycles. The number of aromatic nitrogens is 4. The van der Waals surface area contributed by atoms with Gasteiger partial charge in [-0.15, -0.1) is 6.42 Å². The SMILES string of the molecule is C#CC1(O)C(n2cnc3c(=O)[nH]c(N)nc32)OC(F)(COP(=O)(O)OP(=O)(O)OP(=O)(O)O)C1O. The van der Waals surface area contributed by atoms with Crippen LogP contribution in [0.3, 0.4) is 0 Å². The molecule has 0 radical (unpaired) electrons. The smallest absolute Gasteiger partial charge is 0.383 e. The minimum atomic E-state index is -5.93. The quantitative estimate of drug-likeness (QED) is 0.126. The summed E-state index contributed by atoms with van der Waals surface area (Å²) in [5, 5.41) is 21.1. The average molecular weight is 565 g/mol. The lowest BCUT2D eigenvalue weighted by molar-refractivity contribution is -0.203. The summed E-state index contributed by atoms with van der Waals surface area (Å²) in [4.78, 5) is 57.2. The van der Waals surface area contributed by atoms with Crippen molar-refractivity contribution in [1.29, 1.82) is 0 Å². The van der Waals surface area contributed by atoms with Gasteiger partial charge < -0.3 is 40.3 Å². The van der Waals surface area contributed by atoms with Gasteiger partial charge in [0.15, 0.2) is 23.5 Å². The molecule has 6 atom stereocenters. The van der Waals surface area contributed by atoms with Crippen LogP contribution in [-0.4, -0.2) is 73.5 Å². The van der Waals surface area contributed by atoms with Crippen molar-refractivity contribution in [3.8, 4) is 12.3 Å². The summed E-state index contributed by atoms with van der Waals surface area (Å²) < 4.78 is 66.1. The molecule has 0 saturated carbocycles. The Bertz CT molecular complexity index is 1400. The first-order chi connectivity index (χ1) is 15.8. The van der Waals surface area contributed by atoms with Crippen molar-refractivity contribution in [2.75, 3.05) is 12.3 Å². The second-order valence-corrected chi connectivity index (χ2v) is 11.2. The number of imidazole rings is 1. The number of nitrogens with zero attached hydrogens (tertiary/aromatic N) is 3. The predicted octanol–water partition coefficient (Wildman–Crippen LogP) is -2.04. The molecule has 194 valence electrons. The lowest BCUT2D eigenvalue weighted by Gasteiger charge is -2.26. The number of hydrogen-bond acceptors (Lipinski definition) is 13. The maximum absolute atomic E-state index is 15.4. The van der Waals surface area contributed by atoms with Crippen molar-refractivity contribution in [2.24, 2.45) is 0 Å². The van der Waals surface area contributed by atoms with E-state index in [1.54, 1.807) is 5.92 Å². The number of fused-ring (bicyclic) bond motifs is 1. The lowest BCUT2D eigenvalue weighted by Crippen LogP contribution is -2.50. The number of aromatic amines is 1. The Hall–Kier alpha value is -2.07. The Morgan fingerprint density at radius 2 is 1.91 bits per heavy atom. The van der Waals surface area contributed by atoms with Gasteiger partial charge in [-0.3, -0.25) is 18.9 Å². The average Bonchev–Trinajstić information content (AvgIpc) is 3.18. The van der Waals surface area contributed by atoms with E-state index in [1.165, 1.54) is 0 Å². The third-order valence-corrected chi connectivity index (χ3v) is 8.07. The van der Waals surface area contributed by atoms with Crippen LogP contribution in [0.15, 0.2) is 11.1 Å². The van der Waals surface area contributed by atoms with Crippen molar-refractivity contribution in [2.45, 2.75) is 23.8 Å². The molecule has 1 aliphatic heterocycles. The van der Waals surface area contributed by atoms with E-state index >= 15 is 4.39 Å². The van der Waals surface area contributed by atoms with Gasteiger partial charge in [0.05, 0.1) is 6.33 Å². The zero-order valence-electron chi connectivity index (χ0n) is 16.6. The molecular weight excluding hydrogens is 550 g/mol. The maximum Gasteiger partial charge on any atom is 0.490 e. The molecule has 9 N–H and O–H groups in total. The molecule has 2 aromatic heterocycles. The van der Waals surface area contributed by atoms with E-state index in [2.05, 4.69) is 28.1 Å². The number of nitrogens with one attached hydrogen (secondary N) is 1. The molecule has 0 spiro atoms. The third kappa shape index (κ3) is 5.53. The van der Waals surface area contributed by atoms with E-state index < -0.39 is 65.4 Å². The highest BCUT2D eigenvalue weighted by Crippen LogP contribution is 2.66. The summed E-state index contributed by atoms with van der Waals surface area (Å²) in [6, 6.07) is 0. The number of alkyl halides is 1. The summed E-state index contributed by atoms with van der Waals surface area (Å²) in [6.07, 6.45) is 1.20. The van der Waals surface area contributed by atoms with Gasteiger partial charge in [-0.25, -0.2) is 23.1 Å². The Morgan fingerprint density at radius 1 is 1.29 bits per heavy atom. The monoisotopic (exact) mass is 565 g/mol. The fourth-order valence-electron chi connectivity index (χ4n) is 2.92. The summed E-state index contributed by atoms with van der Waals surface area (Å²) in [7, 11) is -17.5. The highest BCUT2D eigenvalue weighted by atomic mass is 31.3. The molecule has 0 bridgehead atoms. The molecule has 35 heavy (non-hydrogen) atoms. The third-order valence-electron chi connectivity index (χ3n) is 4.28. The van der Waals surface area contributed by atoms with Crippen LogP contribution in [-0.2, 0) is 31.6 Å². The van der Waals surface area contributed by atoms with Crippen LogP contribution < -0.4 is 11.3 Å². The molecule has 0 amide bonds. The number of phosphoric ester groups is 1. The normalized spacial score (nSPS) is 30.6. The van der Waals surface area contributed by atoms with Crippen LogP contribution >= 0.6 is 23.5 Å². The molecule has 2 aromatic rings. The lowest BCUT2D eigenvalue weighted by atomic mass is 9.94. The van der Waals surface area contributed by atoms with Gasteiger partial charge in [-0.2, -0.15) is 13.6 Å². The van der Waals surface area contributed by atoms with Crippen molar-refractivity contribution < 1.29 is 65.8 Å². The number of aliphatic hydroxyl groups is 2. The molecule has 3 rings (SSSR count). The Morgan fingerprint density at radius 3 is 2.49 bits per heavy atom. The molecular formula is C12H15FN5O14P3. The van der Waals surface area contributed by atoms with Gasteiger partial charge in [0.2, 0.25) is 11.5 Å². The molecule has 23 heteroatoms. The second-order valence-electron chi connectivity index (χ2n) is 6.77. The standard InChI is InChI=1S/C12H15FN5O14P3/c1-2-11(21)8(20)12(13,3-29-34(25,26)32-35(27,28)31-33(22,23)24)30-9(11)18-4-15-5-6(18)16-10(14)17-7(5)19/h1,4,8-9,20-21H,3H2,(H,25,26)(H,27,28)(H2,22,23,24)(H3,14,16,17,19). The largest absolute Gasteiger partial charge is 0.490 e. The van der Waals surface area contributed by atoms with Crippen molar-refractivity contribution in [1.82, 2.24) is 19.5 Å². The van der Waals surface area contributed by atoms with Crippen molar-refractivity contribution in [3.05, 3.63) is 16.7 Å².